The van der Waals surface area contributed by atoms with Crippen molar-refractivity contribution < 1.29 is 0 Å². The van der Waals surface area contributed by atoms with E-state index < -0.39 is 0 Å². The molecule has 0 saturated carbocycles. The van der Waals surface area contributed by atoms with E-state index in [0.717, 1.165) is 5.33 Å². The highest BCUT2D eigenvalue weighted by Gasteiger charge is 2.26. The van der Waals surface area contributed by atoms with Gasteiger partial charge in [0.2, 0.25) is 0 Å². The maximum absolute atomic E-state index is 3.70. The predicted molar refractivity (Wildman–Crippen MR) is 84.2 cm³/mol. The monoisotopic (exact) mass is 360 g/mol. The molecule has 0 bridgehead atoms. The van der Waals surface area contributed by atoms with Crippen LogP contribution < -0.4 is 0 Å². The van der Waals surface area contributed by atoms with E-state index in [-0.39, 0.29) is 10.8 Å². The van der Waals surface area contributed by atoms with Crippen LogP contribution >= 0.6 is 31.9 Å². The number of hydrogen-bond donors (Lipinski definition) is 0. The predicted octanol–water partition coefficient (Wildman–Crippen LogP) is 5.94. The van der Waals surface area contributed by atoms with Gasteiger partial charge in [0.1, 0.15) is 0 Å². The first-order chi connectivity index (χ1) is 7.59. The van der Waals surface area contributed by atoms with Gasteiger partial charge >= 0.3 is 0 Å². The SMILES string of the molecule is CC(C)(C)c1ccc(Br)c(C(C)(C)C)c1CBr. The minimum atomic E-state index is 0.156. The number of halogens is 2. The Labute approximate surface area is 122 Å². The van der Waals surface area contributed by atoms with Gasteiger partial charge in [-0.15, -0.1) is 0 Å². The molecule has 0 nitrogen and oxygen atoms in total. The first kappa shape index (κ1) is 15.2. The third-order valence-electron chi connectivity index (χ3n) is 2.95. The van der Waals surface area contributed by atoms with Gasteiger partial charge in [-0.3, -0.25) is 0 Å². The lowest BCUT2D eigenvalue weighted by Gasteiger charge is -2.30. The van der Waals surface area contributed by atoms with E-state index in [4.69, 9.17) is 0 Å². The molecule has 0 saturated heterocycles. The van der Waals surface area contributed by atoms with Crippen LogP contribution in [0.25, 0.3) is 0 Å². The molecule has 0 unspecified atom stereocenters. The molecule has 1 aromatic carbocycles. The number of rotatable bonds is 1. The maximum atomic E-state index is 3.70. The molecule has 0 radical (unpaired) electrons. The van der Waals surface area contributed by atoms with Gasteiger partial charge in [0.05, 0.1) is 0 Å². The van der Waals surface area contributed by atoms with Crippen molar-refractivity contribution in [1.82, 2.24) is 0 Å². The van der Waals surface area contributed by atoms with Crippen LogP contribution in [-0.4, -0.2) is 0 Å². The second-order valence-corrected chi connectivity index (χ2v) is 8.00. The van der Waals surface area contributed by atoms with E-state index in [1.807, 2.05) is 0 Å². The molecule has 0 amide bonds. The fourth-order valence-electron chi connectivity index (χ4n) is 2.27. The molecule has 0 fully saturated rings. The van der Waals surface area contributed by atoms with Crippen LogP contribution in [0.4, 0.5) is 0 Å². The van der Waals surface area contributed by atoms with Crippen molar-refractivity contribution >= 4 is 31.9 Å². The molecule has 0 aromatic heterocycles. The molecule has 0 spiro atoms. The van der Waals surface area contributed by atoms with Gasteiger partial charge in [-0.05, 0) is 33.6 Å². The van der Waals surface area contributed by atoms with Crippen molar-refractivity contribution in [3.8, 4) is 0 Å². The quantitative estimate of drug-likeness (QED) is 0.543. The highest BCUT2D eigenvalue weighted by Crippen LogP contribution is 2.39. The molecule has 0 aliphatic carbocycles. The third-order valence-corrected chi connectivity index (χ3v) is 4.18. The van der Waals surface area contributed by atoms with Gasteiger partial charge in [-0.1, -0.05) is 79.5 Å². The van der Waals surface area contributed by atoms with Crippen molar-refractivity contribution in [3.05, 3.63) is 33.3 Å². The largest absolute Gasteiger partial charge is 0.0876 e. The van der Waals surface area contributed by atoms with Gasteiger partial charge in [0, 0.05) is 9.80 Å². The van der Waals surface area contributed by atoms with Gasteiger partial charge < -0.3 is 0 Å². The van der Waals surface area contributed by atoms with Crippen molar-refractivity contribution in [2.75, 3.05) is 0 Å². The topological polar surface area (TPSA) is 0 Å². The van der Waals surface area contributed by atoms with Crippen LogP contribution in [0.1, 0.15) is 58.2 Å². The Morgan fingerprint density at radius 2 is 1.47 bits per heavy atom. The molecule has 0 atom stereocenters. The Balaban J connectivity index is 3.60. The summed E-state index contributed by atoms with van der Waals surface area (Å²) in [6.07, 6.45) is 0. The number of alkyl halides is 1. The summed E-state index contributed by atoms with van der Waals surface area (Å²) in [6.45, 7) is 13.6. The standard InChI is InChI=1S/C15H22Br2/c1-14(2,3)11-7-8-12(17)13(10(11)9-16)15(4,5)6/h7-8H,9H2,1-6H3. The fourth-order valence-corrected chi connectivity index (χ4v) is 3.82. The molecule has 17 heavy (non-hydrogen) atoms. The Hall–Kier alpha value is 0.180. The molecule has 0 N–H and O–H groups in total. The molecular formula is C15H22Br2. The van der Waals surface area contributed by atoms with Crippen molar-refractivity contribution in [2.24, 2.45) is 0 Å². The zero-order valence-corrected chi connectivity index (χ0v) is 14.8. The Morgan fingerprint density at radius 1 is 0.941 bits per heavy atom. The molecule has 0 aliphatic rings. The van der Waals surface area contributed by atoms with Crippen LogP contribution in [0, 0.1) is 0 Å². The first-order valence-electron chi connectivity index (χ1n) is 5.97. The Bertz CT molecular complexity index is 406. The lowest BCUT2D eigenvalue weighted by atomic mass is 9.77. The second kappa shape index (κ2) is 5.05. The molecule has 1 rings (SSSR count). The van der Waals surface area contributed by atoms with E-state index in [1.165, 1.54) is 21.2 Å². The second-order valence-electron chi connectivity index (χ2n) is 6.58. The van der Waals surface area contributed by atoms with E-state index in [1.54, 1.807) is 0 Å². The zero-order valence-electron chi connectivity index (χ0n) is 11.6. The molecule has 96 valence electrons. The summed E-state index contributed by atoms with van der Waals surface area (Å²) in [4.78, 5) is 0. The van der Waals surface area contributed by atoms with Gasteiger partial charge in [-0.25, -0.2) is 0 Å². The van der Waals surface area contributed by atoms with E-state index in [9.17, 15) is 0 Å². The average Bonchev–Trinajstić information content (AvgIpc) is 2.12. The summed E-state index contributed by atoms with van der Waals surface area (Å²) in [5.41, 5.74) is 4.62. The van der Waals surface area contributed by atoms with Crippen LogP contribution in [0.5, 0.6) is 0 Å². The summed E-state index contributed by atoms with van der Waals surface area (Å²) in [5, 5.41) is 0.908. The number of benzene rings is 1. The van der Waals surface area contributed by atoms with Crippen LogP contribution in [0.15, 0.2) is 16.6 Å². The lowest BCUT2D eigenvalue weighted by molar-refractivity contribution is 0.558. The minimum absolute atomic E-state index is 0.156. The summed E-state index contributed by atoms with van der Waals surface area (Å²) < 4.78 is 1.22. The van der Waals surface area contributed by atoms with Gasteiger partial charge in [0.15, 0.2) is 0 Å². The van der Waals surface area contributed by atoms with Crippen molar-refractivity contribution in [3.63, 3.8) is 0 Å². The molecule has 1 aromatic rings. The van der Waals surface area contributed by atoms with Crippen molar-refractivity contribution in [1.29, 1.82) is 0 Å². The van der Waals surface area contributed by atoms with Crippen molar-refractivity contribution in [2.45, 2.75) is 57.7 Å². The Morgan fingerprint density at radius 3 is 1.82 bits per heavy atom. The smallest absolute Gasteiger partial charge is 0.0289 e. The average molecular weight is 362 g/mol. The molecule has 0 aliphatic heterocycles. The van der Waals surface area contributed by atoms with Crippen LogP contribution in [-0.2, 0) is 16.2 Å². The van der Waals surface area contributed by atoms with Crippen LogP contribution in [0.2, 0.25) is 0 Å². The van der Waals surface area contributed by atoms with E-state index >= 15 is 0 Å². The normalized spacial score (nSPS) is 12.9. The summed E-state index contributed by atoms with van der Waals surface area (Å²) in [5.74, 6) is 0. The summed E-state index contributed by atoms with van der Waals surface area (Å²) >= 11 is 7.36. The molecular weight excluding hydrogens is 340 g/mol. The fraction of sp³-hybridized carbons (Fsp3) is 0.600. The maximum Gasteiger partial charge on any atom is 0.0289 e. The van der Waals surface area contributed by atoms with Gasteiger partial charge in [0.25, 0.3) is 0 Å². The highest BCUT2D eigenvalue weighted by molar-refractivity contribution is 9.10. The number of hydrogen-bond acceptors (Lipinski definition) is 0. The highest BCUT2D eigenvalue weighted by atomic mass is 79.9. The third kappa shape index (κ3) is 3.35. The molecule has 0 heterocycles. The van der Waals surface area contributed by atoms with Gasteiger partial charge in [-0.2, -0.15) is 0 Å². The minimum Gasteiger partial charge on any atom is -0.0876 e. The lowest BCUT2D eigenvalue weighted by Crippen LogP contribution is -2.21. The summed E-state index contributed by atoms with van der Waals surface area (Å²) in [7, 11) is 0. The summed E-state index contributed by atoms with van der Waals surface area (Å²) in [6, 6.07) is 4.43. The zero-order chi connectivity index (χ0) is 13.4. The molecule has 2 heteroatoms. The van der Waals surface area contributed by atoms with Crippen LogP contribution in [0.3, 0.4) is 0 Å². The Kier molecular flexibility index (Phi) is 4.52. The first-order valence-corrected chi connectivity index (χ1v) is 7.88. The van der Waals surface area contributed by atoms with E-state index in [0.29, 0.717) is 0 Å². The van der Waals surface area contributed by atoms with E-state index in [2.05, 4.69) is 85.5 Å².